The summed E-state index contributed by atoms with van der Waals surface area (Å²) in [5, 5.41) is 3.23. The van der Waals surface area contributed by atoms with Crippen LogP contribution in [0.5, 0.6) is 0 Å². The Morgan fingerprint density at radius 1 is 1.62 bits per heavy atom. The van der Waals surface area contributed by atoms with Gasteiger partial charge in [0, 0.05) is 18.5 Å². The van der Waals surface area contributed by atoms with Gasteiger partial charge in [-0.3, -0.25) is 0 Å². The van der Waals surface area contributed by atoms with E-state index in [1.807, 2.05) is 12.3 Å². The normalized spacial score (nSPS) is 14.5. The second-order valence-electron chi connectivity index (χ2n) is 3.04. The largest absolute Gasteiger partial charge is 0.370 e. The van der Waals surface area contributed by atoms with Crippen molar-refractivity contribution in [2.24, 2.45) is 0 Å². The highest BCUT2D eigenvalue weighted by Crippen LogP contribution is 2.20. The van der Waals surface area contributed by atoms with Crippen molar-refractivity contribution in [2.75, 3.05) is 17.6 Å². The van der Waals surface area contributed by atoms with Gasteiger partial charge >= 0.3 is 0 Å². The van der Waals surface area contributed by atoms with E-state index in [-0.39, 0.29) is 0 Å². The molecule has 0 saturated heterocycles. The first-order valence-electron chi connectivity index (χ1n) is 4.40. The van der Waals surface area contributed by atoms with E-state index in [0.717, 1.165) is 30.1 Å². The van der Waals surface area contributed by atoms with Crippen LogP contribution in [0.25, 0.3) is 6.08 Å². The molecular weight excluding hydrogens is 180 g/mol. The molecule has 0 unspecified atom stereocenters. The van der Waals surface area contributed by atoms with Crippen molar-refractivity contribution in [1.29, 1.82) is 0 Å². The van der Waals surface area contributed by atoms with E-state index in [9.17, 15) is 0 Å². The maximum absolute atomic E-state index is 4.32. The smallest absolute Gasteiger partial charge is 0.129 e. The highest BCUT2D eigenvalue weighted by molar-refractivity contribution is 7.80. The summed E-state index contributed by atoms with van der Waals surface area (Å²) in [7, 11) is 0. The quantitative estimate of drug-likeness (QED) is 0.701. The fourth-order valence-corrected chi connectivity index (χ4v) is 1.58. The minimum atomic E-state index is 0.773. The molecule has 1 N–H and O–H groups in total. The van der Waals surface area contributed by atoms with Crippen LogP contribution in [-0.4, -0.2) is 17.3 Å². The Labute approximate surface area is 83.5 Å². The van der Waals surface area contributed by atoms with Gasteiger partial charge in [-0.05, 0) is 23.6 Å². The Bertz CT molecular complexity index is 334. The van der Waals surface area contributed by atoms with E-state index < -0.39 is 0 Å². The summed E-state index contributed by atoms with van der Waals surface area (Å²) in [6.07, 6.45) is 7.05. The lowest BCUT2D eigenvalue weighted by molar-refractivity contribution is 1.11. The van der Waals surface area contributed by atoms with Gasteiger partial charge in [-0.25, -0.2) is 4.98 Å². The van der Waals surface area contributed by atoms with Crippen LogP contribution in [0.4, 0.5) is 5.82 Å². The lowest BCUT2D eigenvalue weighted by Crippen LogP contribution is -1.92. The molecule has 0 aliphatic carbocycles. The predicted octanol–water partition coefficient (Wildman–Crippen LogP) is 1.99. The molecule has 2 heterocycles. The fraction of sp³-hybridized carbons (Fsp3) is 0.300. The average Bonchev–Trinajstić information content (AvgIpc) is 2.61. The number of aromatic nitrogens is 1. The predicted molar refractivity (Wildman–Crippen MR) is 59.3 cm³/mol. The third kappa shape index (κ3) is 1.86. The summed E-state index contributed by atoms with van der Waals surface area (Å²) >= 11 is 4.11. The molecule has 3 heteroatoms. The second-order valence-corrected chi connectivity index (χ2v) is 3.40. The Hall–Kier alpha value is -0.960. The highest BCUT2D eigenvalue weighted by Gasteiger charge is 2.10. The van der Waals surface area contributed by atoms with Crippen LogP contribution in [0, 0.1) is 0 Å². The van der Waals surface area contributed by atoms with Crippen LogP contribution in [-0.2, 0) is 6.42 Å². The molecular formula is C10H12N2S. The van der Waals surface area contributed by atoms with E-state index in [4.69, 9.17) is 0 Å². The molecule has 2 rings (SSSR count). The molecule has 0 saturated carbocycles. The van der Waals surface area contributed by atoms with Gasteiger partial charge in [-0.2, -0.15) is 12.6 Å². The molecule has 68 valence electrons. The summed E-state index contributed by atoms with van der Waals surface area (Å²) in [5.74, 6) is 1.82. The molecule has 13 heavy (non-hydrogen) atoms. The van der Waals surface area contributed by atoms with Gasteiger partial charge in [0.1, 0.15) is 5.82 Å². The molecule has 0 fully saturated rings. The summed E-state index contributed by atoms with van der Waals surface area (Å²) in [4.78, 5) is 4.32. The maximum Gasteiger partial charge on any atom is 0.129 e. The molecule has 1 aliphatic heterocycles. The molecule has 0 spiro atoms. The molecule has 1 aromatic rings. The number of hydrogen-bond donors (Lipinski definition) is 2. The van der Waals surface area contributed by atoms with Crippen LogP contribution in [0.3, 0.4) is 0 Å². The number of rotatable bonds is 2. The van der Waals surface area contributed by atoms with Crippen molar-refractivity contribution in [3.8, 4) is 0 Å². The standard InChI is InChI=1S/C10H12N2S/c13-5-1-2-8-6-9-3-4-11-10(9)12-7-8/h1-2,6-7,13H,3-5H2,(H,11,12). The minimum absolute atomic E-state index is 0.773. The number of hydrogen-bond acceptors (Lipinski definition) is 3. The SMILES string of the molecule is SCC=Cc1cnc2c(c1)CCN2. The fourth-order valence-electron chi connectivity index (χ4n) is 1.47. The van der Waals surface area contributed by atoms with Crippen molar-refractivity contribution in [3.63, 3.8) is 0 Å². The monoisotopic (exact) mass is 192 g/mol. The van der Waals surface area contributed by atoms with E-state index in [0.29, 0.717) is 0 Å². The molecule has 0 radical (unpaired) electrons. The van der Waals surface area contributed by atoms with Crippen molar-refractivity contribution in [3.05, 3.63) is 29.5 Å². The maximum atomic E-state index is 4.32. The van der Waals surface area contributed by atoms with Gasteiger partial charge in [0.25, 0.3) is 0 Å². The van der Waals surface area contributed by atoms with Crippen LogP contribution in [0.15, 0.2) is 18.3 Å². The van der Waals surface area contributed by atoms with Gasteiger partial charge in [-0.1, -0.05) is 12.2 Å². The summed E-state index contributed by atoms with van der Waals surface area (Å²) in [5.41, 5.74) is 2.48. The van der Waals surface area contributed by atoms with Crippen LogP contribution < -0.4 is 5.32 Å². The van der Waals surface area contributed by atoms with Crippen LogP contribution in [0.1, 0.15) is 11.1 Å². The highest BCUT2D eigenvalue weighted by atomic mass is 32.1. The lowest BCUT2D eigenvalue weighted by atomic mass is 10.1. The van der Waals surface area contributed by atoms with Crippen molar-refractivity contribution >= 4 is 24.5 Å². The van der Waals surface area contributed by atoms with Crippen molar-refractivity contribution in [1.82, 2.24) is 4.98 Å². The van der Waals surface area contributed by atoms with Crippen molar-refractivity contribution < 1.29 is 0 Å². The van der Waals surface area contributed by atoms with E-state index in [2.05, 4.69) is 35.1 Å². The summed E-state index contributed by atoms with van der Waals surface area (Å²) < 4.78 is 0. The summed E-state index contributed by atoms with van der Waals surface area (Å²) in [6, 6.07) is 2.18. The molecule has 0 atom stereocenters. The van der Waals surface area contributed by atoms with E-state index in [1.165, 1.54) is 5.56 Å². The first kappa shape index (κ1) is 8.63. The zero-order chi connectivity index (χ0) is 9.10. The van der Waals surface area contributed by atoms with Gasteiger partial charge in [0.2, 0.25) is 0 Å². The first-order chi connectivity index (χ1) is 6.40. The number of nitrogens with one attached hydrogen (secondary N) is 1. The topological polar surface area (TPSA) is 24.9 Å². The Balaban J connectivity index is 2.25. The average molecular weight is 192 g/mol. The lowest BCUT2D eigenvalue weighted by Gasteiger charge is -1.98. The third-order valence-corrected chi connectivity index (χ3v) is 2.30. The van der Waals surface area contributed by atoms with Gasteiger partial charge in [0.05, 0.1) is 0 Å². The van der Waals surface area contributed by atoms with Gasteiger partial charge in [0.15, 0.2) is 0 Å². The van der Waals surface area contributed by atoms with Gasteiger partial charge < -0.3 is 5.32 Å². The Kier molecular flexibility index (Phi) is 2.54. The zero-order valence-corrected chi connectivity index (χ0v) is 8.22. The third-order valence-electron chi connectivity index (χ3n) is 2.09. The molecule has 1 aromatic heterocycles. The second kappa shape index (κ2) is 3.83. The number of thiol groups is 1. The summed E-state index contributed by atoms with van der Waals surface area (Å²) in [6.45, 7) is 1.02. The van der Waals surface area contributed by atoms with E-state index in [1.54, 1.807) is 0 Å². The molecule has 0 bridgehead atoms. The minimum Gasteiger partial charge on any atom is -0.370 e. The molecule has 0 aromatic carbocycles. The number of pyridine rings is 1. The first-order valence-corrected chi connectivity index (χ1v) is 5.03. The number of fused-ring (bicyclic) bond motifs is 1. The molecule has 0 amide bonds. The Morgan fingerprint density at radius 2 is 2.54 bits per heavy atom. The molecule has 1 aliphatic rings. The molecule has 2 nitrogen and oxygen atoms in total. The van der Waals surface area contributed by atoms with Crippen molar-refractivity contribution in [2.45, 2.75) is 6.42 Å². The van der Waals surface area contributed by atoms with Crippen LogP contribution in [0.2, 0.25) is 0 Å². The Morgan fingerprint density at radius 3 is 3.38 bits per heavy atom. The number of nitrogens with zero attached hydrogens (tertiary/aromatic N) is 1. The van der Waals surface area contributed by atoms with Gasteiger partial charge in [-0.15, -0.1) is 0 Å². The van der Waals surface area contributed by atoms with E-state index >= 15 is 0 Å². The number of anilines is 1. The van der Waals surface area contributed by atoms with Crippen LogP contribution >= 0.6 is 12.6 Å². The zero-order valence-electron chi connectivity index (χ0n) is 7.33.